The Morgan fingerprint density at radius 2 is 0.609 bits per heavy atom. The van der Waals surface area contributed by atoms with E-state index in [9.17, 15) is 43.2 Å². The Kier molecular flexibility index (Phi) is 9.76. The Balaban J connectivity index is 2.75. The zero-order valence-electron chi connectivity index (χ0n) is 27.0. The van der Waals surface area contributed by atoms with Gasteiger partial charge in [-0.2, -0.15) is 26.3 Å². The Morgan fingerprint density at radius 3 is 0.761 bits per heavy atom. The minimum atomic E-state index is -7.23. The van der Waals surface area contributed by atoms with Crippen LogP contribution in [0, 0.1) is 0 Å². The highest BCUT2D eigenvalue weighted by molar-refractivity contribution is 8.41. The maximum absolute atomic E-state index is 14.5. The van der Waals surface area contributed by atoms with Gasteiger partial charge in [0.05, 0.1) is 0 Å². The number of alkyl halides is 6. The zero-order valence-corrected chi connectivity index (χ0v) is 29.5. The van der Waals surface area contributed by atoms with E-state index in [4.69, 9.17) is 0 Å². The van der Waals surface area contributed by atoms with Gasteiger partial charge < -0.3 is 0 Å². The fraction of sp³-hybridized carbons (Fsp3) is 0.438. The van der Waals surface area contributed by atoms with Crippen LogP contribution in [-0.2, 0) is 36.3 Å². The number of benzene rings is 3. The van der Waals surface area contributed by atoms with E-state index in [-0.39, 0.29) is 14.7 Å². The van der Waals surface area contributed by atoms with Crippen LogP contribution in [-0.4, -0.2) is 31.0 Å². The molecule has 0 aliphatic rings. The van der Waals surface area contributed by atoms with Gasteiger partial charge in [0.15, 0.2) is 0 Å². The lowest BCUT2D eigenvalue weighted by Gasteiger charge is -2.47. The molecule has 0 aliphatic carbocycles. The van der Waals surface area contributed by atoms with Gasteiger partial charge in [0, 0.05) is 14.7 Å². The lowest BCUT2D eigenvalue weighted by Crippen LogP contribution is -2.50. The summed E-state index contributed by atoms with van der Waals surface area (Å²) in [6.45, 7) is 16.4. The van der Waals surface area contributed by atoms with E-state index in [0.29, 0.717) is 16.7 Å². The summed E-state index contributed by atoms with van der Waals surface area (Å²) in [5, 5.41) is 0. The van der Waals surface area contributed by atoms with E-state index in [2.05, 4.69) is 0 Å². The summed E-state index contributed by atoms with van der Waals surface area (Å²) in [5.41, 5.74) is -12.5. The summed E-state index contributed by atoms with van der Waals surface area (Å²) in [6, 6.07) is 15.9. The molecule has 0 bridgehead atoms. The van der Waals surface area contributed by atoms with Crippen molar-refractivity contribution in [1.82, 2.24) is 3.12 Å². The minimum Gasteiger partial charge on any atom is -0.201 e. The summed E-state index contributed by atoms with van der Waals surface area (Å²) in [6.07, 6.45) is 0. The number of hydrogen-bond donors (Lipinski definition) is 0. The lowest BCUT2D eigenvalue weighted by molar-refractivity contribution is -0.0505. The SMILES string of the molecule is CC(C)(C)c1ccc(S(c2ccc(C(C)(C)C)cc2)(c2ccc(C(C)(C)C)cc2)N(S(=O)(=O)C(F)(F)F)S(=O)(=O)C(F)(F)F)cc1. The first-order valence-electron chi connectivity index (χ1n) is 14.1. The first-order chi connectivity index (χ1) is 20.5. The van der Waals surface area contributed by atoms with E-state index in [1.165, 1.54) is 72.8 Å². The van der Waals surface area contributed by atoms with Crippen molar-refractivity contribution in [3.8, 4) is 0 Å². The second kappa shape index (κ2) is 11.9. The highest BCUT2D eigenvalue weighted by Gasteiger charge is 2.67. The maximum atomic E-state index is 14.5. The topological polar surface area (TPSA) is 71.5 Å². The molecular formula is C32H39F6NO4S3. The van der Waals surface area contributed by atoms with Crippen LogP contribution in [0.1, 0.15) is 79.0 Å². The van der Waals surface area contributed by atoms with Crippen LogP contribution >= 0.6 is 10.2 Å². The minimum absolute atomic E-state index is 0.367. The molecule has 0 saturated heterocycles. The van der Waals surface area contributed by atoms with Gasteiger partial charge in [-0.3, -0.25) is 0 Å². The lowest BCUT2D eigenvalue weighted by atomic mass is 9.87. The molecule has 0 aliphatic heterocycles. The third kappa shape index (κ3) is 6.86. The quantitative estimate of drug-likeness (QED) is 0.239. The Bertz CT molecular complexity index is 1580. The number of rotatable bonds is 6. The van der Waals surface area contributed by atoms with Crippen LogP contribution in [0.5, 0.6) is 0 Å². The van der Waals surface area contributed by atoms with Gasteiger partial charge in [0.25, 0.3) is 0 Å². The molecule has 0 fully saturated rings. The van der Waals surface area contributed by atoms with Crippen LogP contribution in [0.4, 0.5) is 26.3 Å². The van der Waals surface area contributed by atoms with Crippen LogP contribution in [0.15, 0.2) is 87.5 Å². The molecule has 0 heterocycles. The van der Waals surface area contributed by atoms with E-state index >= 15 is 0 Å². The summed E-state index contributed by atoms with van der Waals surface area (Å²) >= 11 is 0. The molecule has 0 spiro atoms. The van der Waals surface area contributed by atoms with Crippen molar-refractivity contribution in [2.75, 3.05) is 0 Å². The van der Waals surface area contributed by atoms with Gasteiger partial charge in [-0.25, -0.2) is 16.8 Å². The molecular weight excluding hydrogens is 673 g/mol. The highest BCUT2D eigenvalue weighted by atomic mass is 32.4. The fourth-order valence-corrected chi connectivity index (χ4v) is 13.9. The average Bonchev–Trinajstić information content (AvgIpc) is 2.89. The Labute approximate surface area is 269 Å². The summed E-state index contributed by atoms with van der Waals surface area (Å²) < 4.78 is 139. The molecule has 256 valence electrons. The normalized spacial score (nSPS) is 14.9. The Hall–Kier alpha value is -2.55. The van der Waals surface area contributed by atoms with Gasteiger partial charge in [-0.05, 0) is 72.4 Å². The summed E-state index contributed by atoms with van der Waals surface area (Å²) in [7, 11) is -19.1. The predicted molar refractivity (Wildman–Crippen MR) is 170 cm³/mol. The van der Waals surface area contributed by atoms with Crippen molar-refractivity contribution in [3.05, 3.63) is 89.5 Å². The first-order valence-corrected chi connectivity index (χ1v) is 18.6. The molecule has 0 radical (unpaired) electrons. The van der Waals surface area contributed by atoms with Gasteiger partial charge in [0.1, 0.15) is 0 Å². The van der Waals surface area contributed by atoms with Crippen molar-refractivity contribution in [1.29, 1.82) is 0 Å². The third-order valence-electron chi connectivity index (χ3n) is 7.39. The van der Waals surface area contributed by atoms with Crippen LogP contribution in [0.3, 0.4) is 0 Å². The van der Waals surface area contributed by atoms with E-state index in [0.717, 1.165) is 0 Å². The Morgan fingerprint density at radius 1 is 0.413 bits per heavy atom. The van der Waals surface area contributed by atoms with E-state index in [1.807, 2.05) is 62.3 Å². The molecule has 46 heavy (non-hydrogen) atoms. The zero-order chi connectivity index (χ0) is 35.5. The number of sulfonamides is 2. The fourth-order valence-electron chi connectivity index (χ4n) is 4.71. The van der Waals surface area contributed by atoms with Crippen LogP contribution < -0.4 is 0 Å². The highest BCUT2D eigenvalue weighted by Crippen LogP contribution is 2.74. The molecule has 0 aromatic heterocycles. The van der Waals surface area contributed by atoms with Gasteiger partial charge >= 0.3 is 31.1 Å². The molecule has 3 aromatic carbocycles. The van der Waals surface area contributed by atoms with Crippen molar-refractivity contribution < 1.29 is 43.2 Å². The van der Waals surface area contributed by atoms with Crippen molar-refractivity contribution >= 4 is 30.3 Å². The standard InChI is InChI=1S/C32H39F6NO4S3/c1-28(2,3)22-10-16-25(17-11-22)44(26-18-12-23(13-19-26)29(4,5)6,27-20-14-24(15-21-27)30(7,8)9)39(45(40,41)31(33,34)35)46(42,43)32(36,37)38/h10-21H,1-9H3. The molecule has 3 rings (SSSR count). The largest absolute Gasteiger partial charge is 0.513 e. The molecule has 0 amide bonds. The molecule has 14 heteroatoms. The van der Waals surface area contributed by atoms with Crippen molar-refractivity contribution in [2.24, 2.45) is 0 Å². The van der Waals surface area contributed by atoms with Gasteiger partial charge in [0.2, 0.25) is 0 Å². The summed E-state index contributed by atoms with van der Waals surface area (Å²) in [5.74, 6) is 0. The maximum Gasteiger partial charge on any atom is 0.513 e. The van der Waals surface area contributed by atoms with E-state index in [1.54, 1.807) is 0 Å². The third-order valence-corrected chi connectivity index (χ3v) is 16.3. The van der Waals surface area contributed by atoms with E-state index < -0.39 is 60.6 Å². The number of hydrogen-bond acceptors (Lipinski definition) is 4. The van der Waals surface area contributed by atoms with Crippen molar-refractivity contribution in [2.45, 2.75) is 104 Å². The monoisotopic (exact) mass is 711 g/mol. The van der Waals surface area contributed by atoms with Crippen LogP contribution in [0.25, 0.3) is 0 Å². The first kappa shape index (κ1) is 37.9. The average molecular weight is 712 g/mol. The number of halogens is 6. The molecule has 3 aromatic rings. The van der Waals surface area contributed by atoms with Gasteiger partial charge in [-0.15, -0.1) is 0 Å². The number of nitrogens with zero attached hydrogens (tertiary/aromatic N) is 1. The van der Waals surface area contributed by atoms with Crippen LogP contribution in [0.2, 0.25) is 0 Å². The molecule has 0 saturated carbocycles. The molecule has 0 N–H and O–H groups in total. The smallest absolute Gasteiger partial charge is 0.201 e. The van der Waals surface area contributed by atoms with Crippen molar-refractivity contribution in [3.63, 3.8) is 0 Å². The summed E-state index contributed by atoms with van der Waals surface area (Å²) in [4.78, 5) is -1.10. The molecule has 0 atom stereocenters. The van der Waals surface area contributed by atoms with Gasteiger partial charge in [-0.1, -0.05) is 109 Å². The second-order valence-corrected chi connectivity index (χ2v) is 21.2. The second-order valence-electron chi connectivity index (χ2n) is 14.0. The predicted octanol–water partition coefficient (Wildman–Crippen LogP) is 9.78. The molecule has 0 unspecified atom stereocenters. The molecule has 5 nitrogen and oxygen atoms in total.